The molecular weight excluding hydrogens is 274 g/mol. The first-order valence-electron chi connectivity index (χ1n) is 7.08. The molecule has 0 aliphatic rings. The molecule has 0 saturated heterocycles. The SMILES string of the molecule is Cc1ccccc1/C=C/c1nc(-c2ccccc2O)n(C)n1. The van der Waals surface area contributed by atoms with E-state index in [1.54, 1.807) is 16.8 Å². The Morgan fingerprint density at radius 2 is 1.73 bits per heavy atom. The zero-order chi connectivity index (χ0) is 15.5. The van der Waals surface area contributed by atoms with Gasteiger partial charge in [0.05, 0.1) is 5.56 Å². The van der Waals surface area contributed by atoms with Crippen LogP contribution >= 0.6 is 0 Å². The van der Waals surface area contributed by atoms with Crippen molar-refractivity contribution in [1.82, 2.24) is 14.8 Å². The summed E-state index contributed by atoms with van der Waals surface area (Å²) < 4.78 is 1.67. The van der Waals surface area contributed by atoms with Crippen LogP contribution in [0.3, 0.4) is 0 Å². The van der Waals surface area contributed by atoms with E-state index in [0.29, 0.717) is 17.2 Å². The number of para-hydroxylation sites is 1. The Morgan fingerprint density at radius 1 is 1.00 bits per heavy atom. The summed E-state index contributed by atoms with van der Waals surface area (Å²) in [4.78, 5) is 4.49. The average Bonchev–Trinajstić information content (AvgIpc) is 2.88. The van der Waals surface area contributed by atoms with Gasteiger partial charge in [0, 0.05) is 7.05 Å². The first-order chi connectivity index (χ1) is 10.6. The van der Waals surface area contributed by atoms with Crippen molar-refractivity contribution >= 4 is 12.2 Å². The second-order valence-corrected chi connectivity index (χ2v) is 5.12. The molecule has 2 aromatic carbocycles. The minimum absolute atomic E-state index is 0.201. The molecule has 22 heavy (non-hydrogen) atoms. The van der Waals surface area contributed by atoms with Crippen molar-refractivity contribution in [2.45, 2.75) is 6.92 Å². The average molecular weight is 291 g/mol. The monoisotopic (exact) mass is 291 g/mol. The molecule has 4 nitrogen and oxygen atoms in total. The Balaban J connectivity index is 1.93. The van der Waals surface area contributed by atoms with E-state index in [-0.39, 0.29) is 5.75 Å². The topological polar surface area (TPSA) is 50.9 Å². The van der Waals surface area contributed by atoms with Crippen LogP contribution in [-0.4, -0.2) is 19.9 Å². The number of aromatic hydroxyl groups is 1. The van der Waals surface area contributed by atoms with Crippen molar-refractivity contribution in [3.05, 3.63) is 65.5 Å². The number of phenols is 1. The summed E-state index contributed by atoms with van der Waals surface area (Å²) in [5.41, 5.74) is 3.02. The predicted molar refractivity (Wildman–Crippen MR) is 88.2 cm³/mol. The van der Waals surface area contributed by atoms with Gasteiger partial charge in [-0.25, -0.2) is 9.67 Å². The van der Waals surface area contributed by atoms with Crippen LogP contribution in [0.4, 0.5) is 0 Å². The molecule has 3 aromatic rings. The van der Waals surface area contributed by atoms with Gasteiger partial charge >= 0.3 is 0 Å². The Hall–Kier alpha value is -2.88. The highest BCUT2D eigenvalue weighted by atomic mass is 16.3. The highest BCUT2D eigenvalue weighted by Crippen LogP contribution is 2.26. The third-order valence-corrected chi connectivity index (χ3v) is 3.52. The molecule has 0 unspecified atom stereocenters. The first kappa shape index (κ1) is 14.1. The molecule has 1 heterocycles. The molecular formula is C18H17N3O. The molecule has 0 aliphatic carbocycles. The van der Waals surface area contributed by atoms with Crippen LogP contribution in [-0.2, 0) is 7.05 Å². The van der Waals surface area contributed by atoms with E-state index in [0.717, 1.165) is 5.56 Å². The summed E-state index contributed by atoms with van der Waals surface area (Å²) in [5.74, 6) is 1.46. The van der Waals surface area contributed by atoms with Crippen molar-refractivity contribution in [2.24, 2.45) is 7.05 Å². The van der Waals surface area contributed by atoms with Gasteiger partial charge in [-0.3, -0.25) is 0 Å². The van der Waals surface area contributed by atoms with E-state index in [1.165, 1.54) is 5.56 Å². The van der Waals surface area contributed by atoms with Gasteiger partial charge < -0.3 is 5.11 Å². The number of aryl methyl sites for hydroxylation is 2. The summed E-state index contributed by atoms with van der Waals surface area (Å²) >= 11 is 0. The standard InChI is InChI=1S/C18H17N3O/c1-13-7-3-4-8-14(13)11-12-17-19-18(21(2)20-17)15-9-5-6-10-16(15)22/h3-12,22H,1-2H3/b12-11+. The molecule has 0 bridgehead atoms. The molecule has 3 rings (SSSR count). The maximum Gasteiger partial charge on any atom is 0.174 e. The summed E-state index contributed by atoms with van der Waals surface area (Å²) in [5, 5.41) is 14.3. The predicted octanol–water partition coefficient (Wildman–Crippen LogP) is 3.67. The number of benzene rings is 2. The van der Waals surface area contributed by atoms with Crippen LogP contribution in [0.15, 0.2) is 48.5 Å². The van der Waals surface area contributed by atoms with Gasteiger partial charge in [0.25, 0.3) is 0 Å². The molecule has 1 N–H and O–H groups in total. The number of nitrogens with zero attached hydrogens (tertiary/aromatic N) is 3. The van der Waals surface area contributed by atoms with Gasteiger partial charge in [0.1, 0.15) is 5.75 Å². The summed E-state index contributed by atoms with van der Waals surface area (Å²) in [6, 6.07) is 15.3. The second-order valence-electron chi connectivity index (χ2n) is 5.12. The fourth-order valence-electron chi connectivity index (χ4n) is 2.31. The number of aromatic nitrogens is 3. The minimum atomic E-state index is 0.201. The molecule has 110 valence electrons. The lowest BCUT2D eigenvalue weighted by atomic mass is 10.1. The molecule has 0 amide bonds. The molecule has 0 spiro atoms. The van der Waals surface area contributed by atoms with E-state index in [2.05, 4.69) is 29.1 Å². The Morgan fingerprint density at radius 3 is 2.50 bits per heavy atom. The third-order valence-electron chi connectivity index (χ3n) is 3.52. The zero-order valence-corrected chi connectivity index (χ0v) is 12.6. The van der Waals surface area contributed by atoms with Crippen LogP contribution < -0.4 is 0 Å². The molecule has 0 atom stereocenters. The normalized spacial score (nSPS) is 11.2. The number of phenolic OH excluding ortho intramolecular Hbond substituents is 1. The lowest BCUT2D eigenvalue weighted by Crippen LogP contribution is -1.94. The van der Waals surface area contributed by atoms with E-state index >= 15 is 0 Å². The van der Waals surface area contributed by atoms with Crippen LogP contribution in [0.2, 0.25) is 0 Å². The van der Waals surface area contributed by atoms with Crippen molar-refractivity contribution in [3.8, 4) is 17.1 Å². The maximum atomic E-state index is 9.94. The Kier molecular flexibility index (Phi) is 3.74. The maximum absolute atomic E-state index is 9.94. The summed E-state index contributed by atoms with van der Waals surface area (Å²) in [6.07, 6.45) is 3.88. The van der Waals surface area contributed by atoms with Gasteiger partial charge in [0.2, 0.25) is 0 Å². The highest BCUT2D eigenvalue weighted by Gasteiger charge is 2.11. The second kappa shape index (κ2) is 5.85. The van der Waals surface area contributed by atoms with Crippen LogP contribution in [0.1, 0.15) is 17.0 Å². The van der Waals surface area contributed by atoms with Crippen molar-refractivity contribution in [3.63, 3.8) is 0 Å². The van der Waals surface area contributed by atoms with Gasteiger partial charge in [-0.15, -0.1) is 0 Å². The van der Waals surface area contributed by atoms with Crippen molar-refractivity contribution in [1.29, 1.82) is 0 Å². The minimum Gasteiger partial charge on any atom is -0.507 e. The van der Waals surface area contributed by atoms with E-state index in [1.807, 2.05) is 43.5 Å². The highest BCUT2D eigenvalue weighted by molar-refractivity contribution is 5.70. The molecule has 4 heteroatoms. The lowest BCUT2D eigenvalue weighted by molar-refractivity contribution is 0.476. The Labute approximate surface area is 129 Å². The van der Waals surface area contributed by atoms with Gasteiger partial charge in [-0.1, -0.05) is 42.5 Å². The Bertz CT molecular complexity index is 834. The molecule has 0 fully saturated rings. The van der Waals surface area contributed by atoms with E-state index in [4.69, 9.17) is 0 Å². The lowest BCUT2D eigenvalue weighted by Gasteiger charge is -2.01. The fraction of sp³-hybridized carbons (Fsp3) is 0.111. The molecule has 1 aromatic heterocycles. The van der Waals surface area contributed by atoms with Crippen LogP contribution in [0.25, 0.3) is 23.5 Å². The molecule has 0 radical (unpaired) electrons. The largest absolute Gasteiger partial charge is 0.507 e. The number of hydrogen-bond acceptors (Lipinski definition) is 3. The molecule has 0 saturated carbocycles. The smallest absolute Gasteiger partial charge is 0.174 e. The quantitative estimate of drug-likeness (QED) is 0.801. The van der Waals surface area contributed by atoms with Gasteiger partial charge in [0.15, 0.2) is 11.6 Å². The van der Waals surface area contributed by atoms with Crippen molar-refractivity contribution in [2.75, 3.05) is 0 Å². The number of rotatable bonds is 3. The van der Waals surface area contributed by atoms with Gasteiger partial charge in [-0.2, -0.15) is 5.10 Å². The molecule has 0 aliphatic heterocycles. The van der Waals surface area contributed by atoms with Crippen LogP contribution in [0.5, 0.6) is 5.75 Å². The first-order valence-corrected chi connectivity index (χ1v) is 7.08. The summed E-state index contributed by atoms with van der Waals surface area (Å²) in [6.45, 7) is 2.07. The fourth-order valence-corrected chi connectivity index (χ4v) is 2.31. The van der Waals surface area contributed by atoms with Gasteiger partial charge in [-0.05, 0) is 36.3 Å². The third kappa shape index (κ3) is 2.76. The van der Waals surface area contributed by atoms with Crippen molar-refractivity contribution < 1.29 is 5.11 Å². The zero-order valence-electron chi connectivity index (χ0n) is 12.6. The number of hydrogen-bond donors (Lipinski definition) is 1. The van der Waals surface area contributed by atoms with E-state index in [9.17, 15) is 5.11 Å². The van der Waals surface area contributed by atoms with E-state index < -0.39 is 0 Å². The van der Waals surface area contributed by atoms with Crippen LogP contribution in [0, 0.1) is 6.92 Å². The summed E-state index contributed by atoms with van der Waals surface area (Å²) in [7, 11) is 1.82.